The second-order valence-electron chi connectivity index (χ2n) is 2.80. The van der Waals surface area contributed by atoms with Crippen LogP contribution in [0.4, 0.5) is 0 Å². The van der Waals surface area contributed by atoms with Gasteiger partial charge in [-0.3, -0.25) is 4.79 Å². The van der Waals surface area contributed by atoms with Crippen LogP contribution in [0.1, 0.15) is 15.9 Å². The van der Waals surface area contributed by atoms with Gasteiger partial charge in [0.15, 0.2) is 5.78 Å². The average Bonchev–Trinajstić information content (AvgIpc) is 2.04. The van der Waals surface area contributed by atoms with Gasteiger partial charge in [0.25, 0.3) is 0 Å². The summed E-state index contributed by atoms with van der Waals surface area (Å²) in [4.78, 5) is 11.4. The third-order valence-corrected chi connectivity index (χ3v) is 2.64. The zero-order chi connectivity index (χ0) is 8.55. The van der Waals surface area contributed by atoms with Crippen molar-refractivity contribution in [1.29, 1.82) is 0 Å². The van der Waals surface area contributed by atoms with Crippen LogP contribution in [0.25, 0.3) is 0 Å². The van der Waals surface area contributed by atoms with E-state index in [4.69, 9.17) is 0 Å². The molecule has 0 fully saturated rings. The second-order valence-corrected chi connectivity index (χ2v) is 3.66. The Labute approximate surface area is 91.3 Å². The fraction of sp³-hybridized carbons (Fsp3) is 0.222. The topological polar surface area (TPSA) is 29.1 Å². The number of hydrogen-bond acceptors (Lipinski definition) is 2. The molecule has 1 heterocycles. The Bertz CT molecular complexity index is 340. The maximum Gasteiger partial charge on any atom is 0.178 e. The zero-order valence-corrected chi connectivity index (χ0v) is 9.24. The molecule has 2 rings (SSSR count). The number of ketones is 1. The number of rotatable bonds is 0. The first-order chi connectivity index (χ1) is 5.79. The lowest BCUT2D eigenvalue weighted by Gasteiger charge is -2.16. The van der Waals surface area contributed by atoms with E-state index < -0.39 is 0 Å². The van der Waals surface area contributed by atoms with Crippen molar-refractivity contribution in [3.8, 4) is 0 Å². The Morgan fingerprint density at radius 1 is 1.31 bits per heavy atom. The Hall–Kier alpha value is -0.380. The molecule has 0 aliphatic carbocycles. The zero-order valence-electron chi connectivity index (χ0n) is 6.84. The van der Waals surface area contributed by atoms with Crippen LogP contribution in [0.2, 0.25) is 0 Å². The van der Waals surface area contributed by atoms with Crippen LogP contribution in [0, 0.1) is 0 Å². The molecule has 0 unspecified atom stereocenters. The molecule has 1 aliphatic heterocycles. The number of Topliss-reactive ketones (excluding diaryl/α,β-unsaturated/α-hetero) is 1. The molecule has 0 atom stereocenters. The third-order valence-electron chi connectivity index (χ3n) is 1.98. The highest BCUT2D eigenvalue weighted by atomic mass is 79.9. The molecule has 2 nitrogen and oxygen atoms in total. The minimum atomic E-state index is 0. The van der Waals surface area contributed by atoms with Crippen LogP contribution in [0.15, 0.2) is 22.7 Å². The number of halogens is 2. The number of nitrogens with one attached hydrogen (secondary N) is 1. The molecule has 1 aromatic carbocycles. The molecule has 0 bridgehead atoms. The molecule has 0 radical (unpaired) electrons. The largest absolute Gasteiger partial charge is 0.306 e. The van der Waals surface area contributed by atoms with Gasteiger partial charge in [0.1, 0.15) is 0 Å². The second kappa shape index (κ2) is 4.22. The summed E-state index contributed by atoms with van der Waals surface area (Å²) in [5.41, 5.74) is 1.93. The normalized spacial score (nSPS) is 14.7. The van der Waals surface area contributed by atoms with E-state index in [2.05, 4.69) is 21.2 Å². The van der Waals surface area contributed by atoms with Crippen LogP contribution >= 0.6 is 28.3 Å². The Balaban J connectivity index is 0.000000845. The lowest BCUT2D eigenvalue weighted by atomic mass is 10.0. The SMILES string of the molecule is Cl.O=C1CNCc2cccc(Br)c21. The van der Waals surface area contributed by atoms with Gasteiger partial charge >= 0.3 is 0 Å². The molecule has 0 saturated heterocycles. The van der Waals surface area contributed by atoms with Crippen molar-refractivity contribution in [2.24, 2.45) is 0 Å². The van der Waals surface area contributed by atoms with Crippen molar-refractivity contribution in [2.75, 3.05) is 6.54 Å². The molecule has 0 saturated carbocycles. The van der Waals surface area contributed by atoms with Crippen LogP contribution in [-0.4, -0.2) is 12.3 Å². The van der Waals surface area contributed by atoms with Crippen LogP contribution in [0.3, 0.4) is 0 Å². The summed E-state index contributed by atoms with van der Waals surface area (Å²) in [5.74, 6) is 0.170. The maximum absolute atomic E-state index is 11.4. The number of fused-ring (bicyclic) bond motifs is 1. The first kappa shape index (κ1) is 10.7. The van der Waals surface area contributed by atoms with E-state index in [1.165, 1.54) is 0 Å². The standard InChI is InChI=1S/C9H8BrNO.ClH/c10-7-3-1-2-6-4-11-5-8(12)9(6)7;/h1-3,11H,4-5H2;1H. The summed E-state index contributed by atoms with van der Waals surface area (Å²) >= 11 is 3.37. The number of carbonyl (C=O) groups excluding carboxylic acids is 1. The van der Waals surface area contributed by atoms with E-state index in [1.54, 1.807) is 0 Å². The molecule has 1 aromatic rings. The smallest absolute Gasteiger partial charge is 0.178 e. The summed E-state index contributed by atoms with van der Waals surface area (Å²) in [6, 6.07) is 5.83. The predicted molar refractivity (Wildman–Crippen MR) is 57.4 cm³/mol. The fourth-order valence-electron chi connectivity index (χ4n) is 1.43. The average molecular weight is 263 g/mol. The van der Waals surface area contributed by atoms with Crippen molar-refractivity contribution < 1.29 is 4.79 Å². The molecule has 70 valence electrons. The third kappa shape index (κ3) is 1.93. The van der Waals surface area contributed by atoms with Gasteiger partial charge in [0.05, 0.1) is 6.54 Å². The van der Waals surface area contributed by atoms with Crippen molar-refractivity contribution in [1.82, 2.24) is 5.32 Å². The Morgan fingerprint density at radius 3 is 2.77 bits per heavy atom. The van der Waals surface area contributed by atoms with Crippen molar-refractivity contribution in [2.45, 2.75) is 6.54 Å². The van der Waals surface area contributed by atoms with Gasteiger partial charge in [-0.25, -0.2) is 0 Å². The van der Waals surface area contributed by atoms with Gasteiger partial charge in [0, 0.05) is 16.6 Å². The minimum absolute atomic E-state index is 0. The van der Waals surface area contributed by atoms with Crippen molar-refractivity contribution in [3.63, 3.8) is 0 Å². The van der Waals surface area contributed by atoms with Crippen LogP contribution in [-0.2, 0) is 6.54 Å². The molecule has 1 N–H and O–H groups in total. The highest BCUT2D eigenvalue weighted by Gasteiger charge is 2.18. The number of carbonyl (C=O) groups is 1. The highest BCUT2D eigenvalue weighted by Crippen LogP contribution is 2.22. The summed E-state index contributed by atoms with van der Waals surface area (Å²) in [6.45, 7) is 1.25. The summed E-state index contributed by atoms with van der Waals surface area (Å²) in [6.07, 6.45) is 0. The predicted octanol–water partition coefficient (Wildman–Crippen LogP) is 2.16. The van der Waals surface area contributed by atoms with E-state index in [0.717, 1.165) is 22.1 Å². The minimum Gasteiger partial charge on any atom is -0.306 e. The van der Waals surface area contributed by atoms with Gasteiger partial charge in [-0.2, -0.15) is 0 Å². The Kier molecular flexibility index (Phi) is 3.47. The number of benzene rings is 1. The van der Waals surface area contributed by atoms with Gasteiger partial charge in [0.2, 0.25) is 0 Å². The van der Waals surface area contributed by atoms with Crippen LogP contribution in [0.5, 0.6) is 0 Å². The van der Waals surface area contributed by atoms with Gasteiger partial charge in [-0.05, 0) is 11.6 Å². The van der Waals surface area contributed by atoms with Gasteiger partial charge < -0.3 is 5.32 Å². The molecule has 0 aromatic heterocycles. The molecule has 0 spiro atoms. The van der Waals surface area contributed by atoms with E-state index in [-0.39, 0.29) is 18.2 Å². The molecule has 13 heavy (non-hydrogen) atoms. The molecule has 0 amide bonds. The quantitative estimate of drug-likeness (QED) is 0.776. The fourth-order valence-corrected chi connectivity index (χ4v) is 2.06. The van der Waals surface area contributed by atoms with Gasteiger partial charge in [-0.15, -0.1) is 12.4 Å². The first-order valence-electron chi connectivity index (χ1n) is 3.80. The van der Waals surface area contributed by atoms with E-state index >= 15 is 0 Å². The van der Waals surface area contributed by atoms with Crippen molar-refractivity contribution in [3.05, 3.63) is 33.8 Å². The van der Waals surface area contributed by atoms with Crippen molar-refractivity contribution >= 4 is 34.1 Å². The molecule has 1 aliphatic rings. The van der Waals surface area contributed by atoms with E-state index in [1.807, 2.05) is 18.2 Å². The number of hydrogen-bond donors (Lipinski definition) is 1. The molecule has 4 heteroatoms. The molecular weight excluding hydrogens is 253 g/mol. The summed E-state index contributed by atoms with van der Waals surface area (Å²) in [5, 5.41) is 3.05. The maximum atomic E-state index is 11.4. The monoisotopic (exact) mass is 261 g/mol. The highest BCUT2D eigenvalue weighted by molar-refractivity contribution is 9.10. The van der Waals surface area contributed by atoms with Gasteiger partial charge in [-0.1, -0.05) is 28.1 Å². The molecular formula is C9H9BrClNO. The lowest BCUT2D eigenvalue weighted by molar-refractivity contribution is 0.0981. The summed E-state index contributed by atoms with van der Waals surface area (Å²) < 4.78 is 0.909. The lowest BCUT2D eigenvalue weighted by Crippen LogP contribution is -2.29. The Morgan fingerprint density at radius 2 is 2.08 bits per heavy atom. The van der Waals surface area contributed by atoms with Crippen LogP contribution < -0.4 is 5.32 Å². The van der Waals surface area contributed by atoms with E-state index in [9.17, 15) is 4.79 Å². The first-order valence-corrected chi connectivity index (χ1v) is 4.59. The van der Waals surface area contributed by atoms with E-state index in [0.29, 0.717) is 6.54 Å². The summed E-state index contributed by atoms with van der Waals surface area (Å²) in [7, 11) is 0.